The number of amides is 1. The summed E-state index contributed by atoms with van der Waals surface area (Å²) >= 11 is 4.63. The molecule has 0 aliphatic heterocycles. The number of carbonyl (C=O) groups excluding carboxylic acids is 1. The largest absolute Gasteiger partial charge is 0.345 e. The highest BCUT2D eigenvalue weighted by molar-refractivity contribution is 9.10. The van der Waals surface area contributed by atoms with Crippen LogP contribution >= 0.6 is 27.3 Å². The molecule has 0 saturated carbocycles. The van der Waals surface area contributed by atoms with Crippen molar-refractivity contribution in [3.8, 4) is 0 Å². The quantitative estimate of drug-likeness (QED) is 0.901. The van der Waals surface area contributed by atoms with Crippen LogP contribution in [-0.4, -0.2) is 5.91 Å². The molecule has 1 N–H and O–H groups in total. The molecule has 0 aliphatic carbocycles. The number of benzene rings is 1. The zero-order valence-corrected chi connectivity index (χ0v) is 12.0. The molecule has 0 bridgehead atoms. The predicted molar refractivity (Wildman–Crippen MR) is 74.3 cm³/mol. The van der Waals surface area contributed by atoms with Crippen molar-refractivity contribution in [3.05, 3.63) is 56.4 Å². The van der Waals surface area contributed by atoms with Crippen molar-refractivity contribution < 1.29 is 9.18 Å². The summed E-state index contributed by atoms with van der Waals surface area (Å²) in [6.07, 6.45) is 0. The van der Waals surface area contributed by atoms with Gasteiger partial charge in [-0.15, -0.1) is 11.3 Å². The average Bonchev–Trinajstić information content (AvgIpc) is 2.86. The molecule has 1 amide bonds. The Bertz CT molecular complexity index is 556. The summed E-state index contributed by atoms with van der Waals surface area (Å²) in [7, 11) is 0. The Morgan fingerprint density at radius 2 is 2.22 bits per heavy atom. The molecule has 0 saturated heterocycles. The predicted octanol–water partition coefficient (Wildman–Crippen LogP) is 4.14. The Balaban J connectivity index is 2.10. The molecular weight excluding hydrogens is 317 g/mol. The molecule has 1 aromatic heterocycles. The Kier molecular flexibility index (Phi) is 4.14. The van der Waals surface area contributed by atoms with Crippen molar-refractivity contribution in [2.45, 2.75) is 13.0 Å². The second-order valence-corrected chi connectivity index (χ2v) is 5.67. The van der Waals surface area contributed by atoms with E-state index in [0.29, 0.717) is 10.0 Å². The van der Waals surface area contributed by atoms with Gasteiger partial charge in [0.2, 0.25) is 0 Å². The first-order chi connectivity index (χ1) is 8.58. The molecule has 2 aromatic rings. The van der Waals surface area contributed by atoms with Crippen molar-refractivity contribution in [2.75, 3.05) is 0 Å². The third kappa shape index (κ3) is 2.97. The number of halogens is 2. The van der Waals surface area contributed by atoms with Crippen LogP contribution in [0.25, 0.3) is 0 Å². The summed E-state index contributed by atoms with van der Waals surface area (Å²) in [4.78, 5) is 13.0. The second kappa shape index (κ2) is 5.63. The summed E-state index contributed by atoms with van der Waals surface area (Å²) in [6, 6.07) is 8.15. The van der Waals surface area contributed by atoms with Crippen molar-refractivity contribution in [1.82, 2.24) is 5.32 Å². The van der Waals surface area contributed by atoms with E-state index >= 15 is 0 Å². The summed E-state index contributed by atoms with van der Waals surface area (Å²) in [5, 5.41) is 4.79. The van der Waals surface area contributed by atoms with E-state index in [9.17, 15) is 9.18 Å². The zero-order chi connectivity index (χ0) is 13.1. The maximum atomic E-state index is 13.3. The lowest BCUT2D eigenvalue weighted by molar-refractivity contribution is 0.0940. The number of rotatable bonds is 3. The van der Waals surface area contributed by atoms with Gasteiger partial charge in [0, 0.05) is 10.4 Å². The van der Waals surface area contributed by atoms with Crippen LogP contribution in [0.15, 0.2) is 40.2 Å². The SMILES string of the molecule is CC(NC(=O)c1ccc(Br)c(F)c1)c1cccs1. The van der Waals surface area contributed by atoms with E-state index in [-0.39, 0.29) is 11.9 Å². The molecule has 0 spiro atoms. The van der Waals surface area contributed by atoms with E-state index < -0.39 is 5.82 Å². The fourth-order valence-corrected chi connectivity index (χ4v) is 2.51. The Labute approximate surface area is 117 Å². The van der Waals surface area contributed by atoms with Crippen molar-refractivity contribution >= 4 is 33.2 Å². The van der Waals surface area contributed by atoms with Crippen molar-refractivity contribution in [2.24, 2.45) is 0 Å². The van der Waals surface area contributed by atoms with Gasteiger partial charge in [0.05, 0.1) is 10.5 Å². The minimum Gasteiger partial charge on any atom is -0.345 e. The van der Waals surface area contributed by atoms with Gasteiger partial charge in [-0.3, -0.25) is 4.79 Å². The Morgan fingerprint density at radius 3 is 2.83 bits per heavy atom. The van der Waals surface area contributed by atoms with E-state index in [4.69, 9.17) is 0 Å². The molecule has 0 aliphatic rings. The van der Waals surface area contributed by atoms with Gasteiger partial charge in [-0.05, 0) is 52.5 Å². The second-order valence-electron chi connectivity index (χ2n) is 3.84. The zero-order valence-electron chi connectivity index (χ0n) is 9.61. The maximum Gasteiger partial charge on any atom is 0.251 e. The molecule has 0 radical (unpaired) electrons. The van der Waals surface area contributed by atoms with E-state index in [1.807, 2.05) is 24.4 Å². The van der Waals surface area contributed by atoms with Gasteiger partial charge in [-0.25, -0.2) is 4.39 Å². The molecule has 2 nitrogen and oxygen atoms in total. The maximum absolute atomic E-state index is 13.3. The van der Waals surface area contributed by atoms with E-state index in [1.165, 1.54) is 12.1 Å². The molecule has 5 heteroatoms. The lowest BCUT2D eigenvalue weighted by Gasteiger charge is -2.12. The van der Waals surface area contributed by atoms with Gasteiger partial charge in [0.15, 0.2) is 0 Å². The van der Waals surface area contributed by atoms with Crippen molar-refractivity contribution in [3.63, 3.8) is 0 Å². The van der Waals surface area contributed by atoms with Gasteiger partial charge in [0.25, 0.3) is 5.91 Å². The van der Waals surface area contributed by atoms with Crippen LogP contribution < -0.4 is 5.32 Å². The Hall–Kier alpha value is -1.20. The first-order valence-corrected chi connectivity index (χ1v) is 7.04. The molecule has 0 fully saturated rings. The van der Waals surface area contributed by atoms with Crippen molar-refractivity contribution in [1.29, 1.82) is 0 Å². The van der Waals surface area contributed by atoms with Gasteiger partial charge in [-0.2, -0.15) is 0 Å². The minimum atomic E-state index is -0.438. The molecule has 2 rings (SSSR count). The number of carbonyl (C=O) groups is 1. The number of hydrogen-bond acceptors (Lipinski definition) is 2. The first kappa shape index (κ1) is 13.2. The summed E-state index contributed by atoms with van der Waals surface area (Å²) in [5.74, 6) is -0.714. The van der Waals surface area contributed by atoms with Gasteiger partial charge >= 0.3 is 0 Å². The fraction of sp³-hybridized carbons (Fsp3) is 0.154. The normalized spacial score (nSPS) is 12.2. The minimum absolute atomic E-state index is 0.0794. The third-order valence-corrected chi connectivity index (χ3v) is 4.20. The lowest BCUT2D eigenvalue weighted by atomic mass is 10.2. The molecule has 1 heterocycles. The number of hydrogen-bond donors (Lipinski definition) is 1. The monoisotopic (exact) mass is 327 g/mol. The van der Waals surface area contributed by atoms with Crippen LogP contribution in [0.3, 0.4) is 0 Å². The average molecular weight is 328 g/mol. The van der Waals surface area contributed by atoms with Gasteiger partial charge in [0.1, 0.15) is 5.82 Å². The standard InChI is InChI=1S/C13H11BrFNOS/c1-8(12-3-2-6-18-12)16-13(17)9-4-5-10(14)11(15)7-9/h2-8H,1H3,(H,16,17). The number of nitrogens with one attached hydrogen (secondary N) is 1. The molecule has 1 atom stereocenters. The van der Waals surface area contributed by atoms with Gasteiger partial charge < -0.3 is 5.32 Å². The molecule has 94 valence electrons. The topological polar surface area (TPSA) is 29.1 Å². The van der Waals surface area contributed by atoms with Crippen LogP contribution in [0.2, 0.25) is 0 Å². The summed E-state index contributed by atoms with van der Waals surface area (Å²) < 4.78 is 13.7. The van der Waals surface area contributed by atoms with E-state index in [0.717, 1.165) is 4.88 Å². The highest BCUT2D eigenvalue weighted by Gasteiger charge is 2.13. The van der Waals surface area contributed by atoms with Crippen LogP contribution in [0, 0.1) is 5.82 Å². The van der Waals surface area contributed by atoms with Crippen LogP contribution in [0.1, 0.15) is 28.2 Å². The summed E-state index contributed by atoms with van der Waals surface area (Å²) in [5.41, 5.74) is 0.319. The molecular formula is C13H11BrFNOS. The Morgan fingerprint density at radius 1 is 1.44 bits per heavy atom. The lowest BCUT2D eigenvalue weighted by Crippen LogP contribution is -2.26. The fourth-order valence-electron chi connectivity index (χ4n) is 1.53. The highest BCUT2D eigenvalue weighted by Crippen LogP contribution is 2.20. The van der Waals surface area contributed by atoms with Gasteiger partial charge in [-0.1, -0.05) is 6.07 Å². The highest BCUT2D eigenvalue weighted by atomic mass is 79.9. The van der Waals surface area contributed by atoms with Crippen LogP contribution in [-0.2, 0) is 0 Å². The third-order valence-electron chi connectivity index (χ3n) is 2.50. The number of thiophene rings is 1. The van der Waals surface area contributed by atoms with E-state index in [1.54, 1.807) is 17.4 Å². The van der Waals surface area contributed by atoms with Crippen LogP contribution in [0.4, 0.5) is 4.39 Å². The summed E-state index contributed by atoms with van der Waals surface area (Å²) in [6.45, 7) is 1.90. The molecule has 18 heavy (non-hydrogen) atoms. The molecule has 1 aromatic carbocycles. The first-order valence-electron chi connectivity index (χ1n) is 5.37. The smallest absolute Gasteiger partial charge is 0.251 e. The van der Waals surface area contributed by atoms with E-state index in [2.05, 4.69) is 21.2 Å². The van der Waals surface area contributed by atoms with Crippen LogP contribution in [0.5, 0.6) is 0 Å². The molecule has 1 unspecified atom stereocenters.